The Morgan fingerprint density at radius 1 is 0.275 bits per heavy atom. The SMILES string of the molecule is c1ccc(-n2c3ccccc3c3ccc(-c4ccc5c(c4)c4ccccc4n5-c4nc(-c5ccc(-n6c7ccc8ccccc8c7c7ccc8ccccc8c76)cc5)c5ccccc5n4)cc32)cc1. The molecule has 0 aliphatic carbocycles. The van der Waals surface area contributed by atoms with E-state index in [-0.39, 0.29) is 0 Å². The average molecular weight is 878 g/mol. The summed E-state index contributed by atoms with van der Waals surface area (Å²) in [6.07, 6.45) is 0. The first-order valence-corrected chi connectivity index (χ1v) is 23.6. The van der Waals surface area contributed by atoms with E-state index in [4.69, 9.17) is 9.97 Å². The van der Waals surface area contributed by atoms with E-state index in [1.165, 1.54) is 65.2 Å². The molecule has 0 saturated heterocycles. The smallest absolute Gasteiger partial charge is 0.235 e. The van der Waals surface area contributed by atoms with Gasteiger partial charge in [0.15, 0.2) is 0 Å². The first kappa shape index (κ1) is 37.9. The topological polar surface area (TPSA) is 40.6 Å². The lowest BCUT2D eigenvalue weighted by Gasteiger charge is -2.13. The molecular formula is C64H39N5. The molecule has 5 heteroatoms. The summed E-state index contributed by atoms with van der Waals surface area (Å²) >= 11 is 0. The summed E-state index contributed by atoms with van der Waals surface area (Å²) in [4.78, 5) is 10.8. The average Bonchev–Trinajstić information content (AvgIpc) is 4.06. The van der Waals surface area contributed by atoms with Crippen molar-refractivity contribution in [2.75, 3.05) is 0 Å². The molecule has 0 N–H and O–H groups in total. The summed E-state index contributed by atoms with van der Waals surface area (Å²) in [5.74, 6) is 0.640. The second-order valence-electron chi connectivity index (χ2n) is 18.1. The highest BCUT2D eigenvalue weighted by Gasteiger charge is 2.21. The molecular weight excluding hydrogens is 839 g/mol. The molecule has 15 rings (SSSR count). The van der Waals surface area contributed by atoms with Crippen molar-refractivity contribution in [1.82, 2.24) is 23.7 Å². The van der Waals surface area contributed by atoms with E-state index in [2.05, 4.69) is 250 Å². The Balaban J connectivity index is 0.887. The lowest BCUT2D eigenvalue weighted by atomic mass is 10.0. The van der Waals surface area contributed by atoms with E-state index in [9.17, 15) is 0 Å². The van der Waals surface area contributed by atoms with Crippen LogP contribution in [0, 0.1) is 0 Å². The van der Waals surface area contributed by atoms with Crippen molar-refractivity contribution in [2.24, 2.45) is 0 Å². The Kier molecular flexibility index (Phi) is 8.00. The third kappa shape index (κ3) is 5.59. The summed E-state index contributed by atoms with van der Waals surface area (Å²) in [5.41, 5.74) is 14.3. The van der Waals surface area contributed by atoms with Crippen LogP contribution in [0.4, 0.5) is 0 Å². The highest BCUT2D eigenvalue weighted by atomic mass is 15.2. The van der Waals surface area contributed by atoms with Gasteiger partial charge >= 0.3 is 0 Å². The molecule has 0 radical (unpaired) electrons. The van der Waals surface area contributed by atoms with Crippen LogP contribution in [0.15, 0.2) is 237 Å². The zero-order valence-electron chi connectivity index (χ0n) is 37.3. The van der Waals surface area contributed by atoms with E-state index >= 15 is 0 Å². The highest BCUT2D eigenvalue weighted by Crippen LogP contribution is 2.42. The number of aromatic nitrogens is 5. The number of hydrogen-bond acceptors (Lipinski definition) is 2. The zero-order chi connectivity index (χ0) is 45.2. The molecule has 0 aliphatic rings. The van der Waals surface area contributed by atoms with Crippen molar-refractivity contribution in [2.45, 2.75) is 0 Å². The second-order valence-corrected chi connectivity index (χ2v) is 18.1. The Hall–Kier alpha value is -9.32. The minimum absolute atomic E-state index is 0.640. The molecule has 0 bridgehead atoms. The van der Waals surface area contributed by atoms with Gasteiger partial charge in [-0.15, -0.1) is 0 Å². The quantitative estimate of drug-likeness (QED) is 0.173. The van der Waals surface area contributed by atoms with Gasteiger partial charge < -0.3 is 9.13 Å². The van der Waals surface area contributed by atoms with E-state index in [0.717, 1.165) is 66.5 Å². The minimum Gasteiger partial charge on any atom is -0.309 e. The van der Waals surface area contributed by atoms with Crippen LogP contribution in [0.1, 0.15) is 0 Å². The monoisotopic (exact) mass is 877 g/mol. The predicted octanol–water partition coefficient (Wildman–Crippen LogP) is 16.6. The molecule has 0 fully saturated rings. The van der Waals surface area contributed by atoms with Gasteiger partial charge in [-0.3, -0.25) is 4.57 Å². The van der Waals surface area contributed by atoms with E-state index in [1.807, 2.05) is 0 Å². The van der Waals surface area contributed by atoms with Crippen molar-refractivity contribution < 1.29 is 0 Å². The maximum Gasteiger partial charge on any atom is 0.235 e. The van der Waals surface area contributed by atoms with Crippen LogP contribution in [0.5, 0.6) is 0 Å². The summed E-state index contributed by atoms with van der Waals surface area (Å²) in [6.45, 7) is 0. The molecule has 0 saturated carbocycles. The van der Waals surface area contributed by atoms with Crippen LogP contribution in [-0.2, 0) is 0 Å². The Morgan fingerprint density at radius 2 is 0.812 bits per heavy atom. The molecule has 0 unspecified atom stereocenters. The molecule has 4 heterocycles. The molecule has 0 spiro atoms. The number of benzene rings is 11. The van der Waals surface area contributed by atoms with Crippen molar-refractivity contribution in [3.8, 4) is 39.7 Å². The van der Waals surface area contributed by atoms with Crippen LogP contribution in [0.3, 0.4) is 0 Å². The Morgan fingerprint density at radius 3 is 1.62 bits per heavy atom. The van der Waals surface area contributed by atoms with Crippen LogP contribution in [-0.4, -0.2) is 23.7 Å². The van der Waals surface area contributed by atoms with E-state index in [0.29, 0.717) is 5.95 Å². The summed E-state index contributed by atoms with van der Waals surface area (Å²) < 4.78 is 7.07. The molecule has 320 valence electrons. The third-order valence-corrected chi connectivity index (χ3v) is 14.4. The van der Waals surface area contributed by atoms with Gasteiger partial charge in [0.25, 0.3) is 0 Å². The fraction of sp³-hybridized carbons (Fsp3) is 0. The van der Waals surface area contributed by atoms with Gasteiger partial charge in [0.05, 0.1) is 44.3 Å². The summed E-state index contributed by atoms with van der Waals surface area (Å²) in [5, 5.41) is 13.3. The maximum atomic E-state index is 5.50. The molecule has 5 nitrogen and oxygen atoms in total. The van der Waals surface area contributed by atoms with Gasteiger partial charge in [-0.05, 0) is 94.0 Å². The maximum absolute atomic E-state index is 5.50. The first-order valence-electron chi connectivity index (χ1n) is 23.6. The standard InChI is InChI=1S/C64H39N5/c1-2-16-45(17-3-1)67-56-24-12-9-20-49(56)51-34-29-44(39-60(51)67)43-31-36-58-54(38-43)50-21-10-13-25-57(50)69(58)64-65-55-23-11-8-22-52(55)62(66-64)42-26-32-46(33-27-42)68-59-37-30-40-14-4-6-18-47(40)61(59)53-35-28-41-15-5-7-19-48(41)63(53)68/h1-39H. The fourth-order valence-electron chi connectivity index (χ4n) is 11.3. The number of hydrogen-bond donors (Lipinski definition) is 0. The van der Waals surface area contributed by atoms with Gasteiger partial charge in [-0.1, -0.05) is 170 Å². The summed E-state index contributed by atoms with van der Waals surface area (Å²) in [6, 6.07) is 85.6. The third-order valence-electron chi connectivity index (χ3n) is 14.4. The lowest BCUT2D eigenvalue weighted by Crippen LogP contribution is -2.03. The van der Waals surface area contributed by atoms with Crippen LogP contribution in [0.25, 0.3) is 138 Å². The minimum atomic E-state index is 0.640. The van der Waals surface area contributed by atoms with Crippen molar-refractivity contribution in [3.63, 3.8) is 0 Å². The van der Waals surface area contributed by atoms with Crippen LogP contribution >= 0.6 is 0 Å². The second kappa shape index (κ2) is 14.6. The molecule has 0 amide bonds. The van der Waals surface area contributed by atoms with Gasteiger partial charge in [-0.2, -0.15) is 0 Å². The zero-order valence-corrected chi connectivity index (χ0v) is 37.3. The predicted molar refractivity (Wildman–Crippen MR) is 288 cm³/mol. The largest absolute Gasteiger partial charge is 0.309 e. The number of para-hydroxylation sites is 4. The van der Waals surface area contributed by atoms with Gasteiger partial charge in [0.1, 0.15) is 0 Å². The normalized spacial score (nSPS) is 12.1. The molecule has 0 atom stereocenters. The Bertz CT molecular complexity index is 4590. The number of fused-ring (bicyclic) bond motifs is 14. The molecule has 11 aromatic carbocycles. The first-order chi connectivity index (χ1) is 34.2. The number of rotatable bonds is 5. The molecule has 69 heavy (non-hydrogen) atoms. The van der Waals surface area contributed by atoms with Gasteiger partial charge in [-0.25, -0.2) is 9.97 Å². The van der Waals surface area contributed by atoms with Crippen molar-refractivity contribution in [3.05, 3.63) is 237 Å². The fourth-order valence-corrected chi connectivity index (χ4v) is 11.3. The Labute approximate surface area is 396 Å². The van der Waals surface area contributed by atoms with Crippen LogP contribution < -0.4 is 0 Å². The summed E-state index contributed by atoms with van der Waals surface area (Å²) in [7, 11) is 0. The van der Waals surface area contributed by atoms with Gasteiger partial charge in [0.2, 0.25) is 5.95 Å². The lowest BCUT2D eigenvalue weighted by molar-refractivity contribution is 1.01. The van der Waals surface area contributed by atoms with Crippen molar-refractivity contribution >= 4 is 97.9 Å². The number of nitrogens with zero attached hydrogens (tertiary/aromatic N) is 5. The van der Waals surface area contributed by atoms with E-state index in [1.54, 1.807) is 0 Å². The molecule has 0 aliphatic heterocycles. The van der Waals surface area contributed by atoms with Crippen molar-refractivity contribution in [1.29, 1.82) is 0 Å². The van der Waals surface area contributed by atoms with Crippen LogP contribution in [0.2, 0.25) is 0 Å². The molecule has 15 aromatic rings. The van der Waals surface area contributed by atoms with Gasteiger partial charge in [0, 0.05) is 60.0 Å². The van der Waals surface area contributed by atoms with E-state index < -0.39 is 0 Å². The molecule has 4 aromatic heterocycles. The highest BCUT2D eigenvalue weighted by molar-refractivity contribution is 6.26.